The predicted octanol–water partition coefficient (Wildman–Crippen LogP) is 6.04. The molecule has 1 aromatic heterocycles. The average Bonchev–Trinajstić information content (AvgIpc) is 3.71. The second-order valence-electron chi connectivity index (χ2n) is 10.8. The third-order valence-electron chi connectivity index (χ3n) is 8.45. The number of carbonyl (C=O) groups is 1. The lowest BCUT2D eigenvalue weighted by Crippen LogP contribution is -2.50. The van der Waals surface area contributed by atoms with Gasteiger partial charge in [0, 0.05) is 23.2 Å². The number of hydrogen-bond donors (Lipinski definition) is 1. The van der Waals surface area contributed by atoms with Gasteiger partial charge in [0.2, 0.25) is 0 Å². The first-order valence-electron chi connectivity index (χ1n) is 13.3. The molecule has 2 unspecified atom stereocenters. The molecule has 2 atom stereocenters. The molecule has 0 radical (unpaired) electrons. The summed E-state index contributed by atoms with van der Waals surface area (Å²) in [5.41, 5.74) is -7.43. The van der Waals surface area contributed by atoms with Crippen LogP contribution in [0.15, 0.2) is 78.0 Å². The average molecular weight is 657 g/mol. The van der Waals surface area contributed by atoms with E-state index >= 15 is 4.39 Å². The number of carbonyl (C=O) groups excluding carboxylic acids is 1. The maximum Gasteiger partial charge on any atom is 0.435 e. The van der Waals surface area contributed by atoms with E-state index in [1.165, 1.54) is 29.4 Å². The van der Waals surface area contributed by atoms with Gasteiger partial charge in [-0.3, -0.25) is 9.89 Å². The molecule has 1 aliphatic carbocycles. The van der Waals surface area contributed by atoms with E-state index in [-0.39, 0.29) is 40.6 Å². The summed E-state index contributed by atoms with van der Waals surface area (Å²) in [4.78, 5) is 18.7. The zero-order chi connectivity index (χ0) is 32.6. The van der Waals surface area contributed by atoms with Gasteiger partial charge in [-0.1, -0.05) is 30.3 Å². The van der Waals surface area contributed by atoms with E-state index in [4.69, 9.17) is 0 Å². The number of aromatic nitrogens is 3. The Morgan fingerprint density at radius 2 is 1.62 bits per heavy atom. The van der Waals surface area contributed by atoms with E-state index in [1.807, 2.05) is 0 Å². The molecule has 1 N–H and O–H groups in total. The highest BCUT2D eigenvalue weighted by atomic mass is 32.2. The minimum atomic E-state index is -6.39. The fourth-order valence-corrected chi connectivity index (χ4v) is 8.70. The lowest BCUT2D eigenvalue weighted by Gasteiger charge is -2.33. The Bertz CT molecular complexity index is 1880. The van der Waals surface area contributed by atoms with E-state index in [0.717, 1.165) is 30.3 Å². The normalized spacial score (nSPS) is 20.3. The SMILES string of the molecule is O=C(c1cccc(-c2ncn[nH]2)c1)N1CCC2(S(=O)(=O)c3ccc(F)cc3)c3ccc(C(F)(C(F)(F)F)C(F)(F)F)cc3CC12. The summed E-state index contributed by atoms with van der Waals surface area (Å²) in [6, 6.07) is 9.87. The molecule has 4 aromatic rings. The van der Waals surface area contributed by atoms with Crippen LogP contribution in [0.1, 0.15) is 33.5 Å². The smallest absolute Gasteiger partial charge is 0.333 e. The molecule has 1 amide bonds. The van der Waals surface area contributed by atoms with Crippen LogP contribution in [0.4, 0.5) is 35.1 Å². The van der Waals surface area contributed by atoms with Gasteiger partial charge in [-0.25, -0.2) is 22.2 Å². The van der Waals surface area contributed by atoms with Gasteiger partial charge in [-0.2, -0.15) is 31.4 Å². The molecule has 2 aliphatic rings. The van der Waals surface area contributed by atoms with Crippen molar-refractivity contribution in [3.05, 3.63) is 101 Å². The molecule has 6 rings (SSSR count). The Morgan fingerprint density at radius 3 is 2.24 bits per heavy atom. The molecule has 1 aliphatic heterocycles. The molecule has 2 heterocycles. The van der Waals surface area contributed by atoms with Gasteiger partial charge in [0.15, 0.2) is 15.7 Å². The van der Waals surface area contributed by atoms with Gasteiger partial charge in [-0.05, 0) is 60.4 Å². The minimum Gasteiger partial charge on any atom is -0.333 e. The van der Waals surface area contributed by atoms with Crippen LogP contribution in [-0.2, 0) is 26.7 Å². The highest BCUT2D eigenvalue weighted by molar-refractivity contribution is 7.92. The zero-order valence-electron chi connectivity index (χ0n) is 22.6. The Hall–Kier alpha value is -4.34. The lowest BCUT2D eigenvalue weighted by atomic mass is 9.90. The Balaban J connectivity index is 1.50. The van der Waals surface area contributed by atoms with E-state index in [1.54, 1.807) is 6.07 Å². The van der Waals surface area contributed by atoms with E-state index in [0.29, 0.717) is 17.5 Å². The summed E-state index contributed by atoms with van der Waals surface area (Å²) >= 11 is 0. The van der Waals surface area contributed by atoms with E-state index in [9.17, 15) is 43.9 Å². The first-order valence-corrected chi connectivity index (χ1v) is 14.7. The van der Waals surface area contributed by atoms with Crippen LogP contribution in [0.2, 0.25) is 0 Å². The quantitative estimate of drug-likeness (QED) is 0.209. The Labute approximate surface area is 249 Å². The summed E-state index contributed by atoms with van der Waals surface area (Å²) in [7, 11) is -4.59. The number of aromatic amines is 1. The third kappa shape index (κ3) is 4.43. The number of benzene rings is 3. The molecule has 16 heteroatoms. The van der Waals surface area contributed by atoms with Gasteiger partial charge in [-0.15, -0.1) is 0 Å². The molecule has 1 fully saturated rings. The van der Waals surface area contributed by atoms with Crippen molar-refractivity contribution in [3.63, 3.8) is 0 Å². The van der Waals surface area contributed by atoms with Crippen LogP contribution in [0.5, 0.6) is 0 Å². The fourth-order valence-electron chi connectivity index (χ4n) is 6.37. The van der Waals surface area contributed by atoms with Gasteiger partial charge >= 0.3 is 18.0 Å². The van der Waals surface area contributed by atoms with Crippen LogP contribution in [0.3, 0.4) is 0 Å². The van der Waals surface area contributed by atoms with Crippen LogP contribution >= 0.6 is 0 Å². The fraction of sp³-hybridized carbons (Fsp3) is 0.276. The minimum absolute atomic E-state index is 0.0902. The highest BCUT2D eigenvalue weighted by Crippen LogP contribution is 2.57. The van der Waals surface area contributed by atoms with Gasteiger partial charge in [0.05, 0.1) is 10.9 Å². The van der Waals surface area contributed by atoms with Crippen molar-refractivity contribution in [1.29, 1.82) is 0 Å². The Morgan fingerprint density at radius 1 is 0.933 bits per heavy atom. The molecule has 3 aromatic carbocycles. The molecular weight excluding hydrogens is 636 g/mol. The van der Waals surface area contributed by atoms with Gasteiger partial charge < -0.3 is 4.90 Å². The largest absolute Gasteiger partial charge is 0.435 e. The summed E-state index contributed by atoms with van der Waals surface area (Å²) < 4.78 is 137. The highest BCUT2D eigenvalue weighted by Gasteiger charge is 2.74. The summed E-state index contributed by atoms with van der Waals surface area (Å²) in [6.07, 6.45) is -12.3. The van der Waals surface area contributed by atoms with E-state index < -0.39 is 62.4 Å². The molecule has 1 saturated heterocycles. The van der Waals surface area contributed by atoms with Crippen molar-refractivity contribution in [3.8, 4) is 11.4 Å². The number of alkyl halides is 7. The molecule has 0 saturated carbocycles. The molecule has 45 heavy (non-hydrogen) atoms. The number of fused-ring (bicyclic) bond motifs is 3. The molecule has 7 nitrogen and oxygen atoms in total. The Kier molecular flexibility index (Phi) is 6.88. The molecule has 0 bridgehead atoms. The maximum absolute atomic E-state index is 15.0. The monoisotopic (exact) mass is 656 g/mol. The first-order chi connectivity index (χ1) is 21.0. The lowest BCUT2D eigenvalue weighted by molar-refractivity contribution is -0.348. The summed E-state index contributed by atoms with van der Waals surface area (Å²) in [5.74, 6) is -1.10. The van der Waals surface area contributed by atoms with Crippen molar-refractivity contribution in [2.75, 3.05) is 6.54 Å². The van der Waals surface area contributed by atoms with Crippen LogP contribution in [0.25, 0.3) is 11.4 Å². The van der Waals surface area contributed by atoms with Gasteiger partial charge in [0.1, 0.15) is 16.9 Å². The second-order valence-corrected chi connectivity index (χ2v) is 13.0. The number of rotatable bonds is 5. The molecule has 236 valence electrons. The number of sulfone groups is 1. The van der Waals surface area contributed by atoms with Crippen LogP contribution in [0, 0.1) is 5.82 Å². The number of H-pyrrole nitrogens is 1. The van der Waals surface area contributed by atoms with Crippen LogP contribution in [-0.4, -0.2) is 59.3 Å². The molecular formula is C29H20F8N4O3S. The number of halogens is 8. The number of hydrogen-bond acceptors (Lipinski definition) is 5. The topological polar surface area (TPSA) is 96.0 Å². The standard InChI is InChI=1S/C29H20F8N4O3S/c30-20-5-7-21(8-6-20)45(43,44)26-10-11-41(25(42)17-3-1-2-16(12-17)24-38-15-39-40-24)23(26)14-18-13-19(4-9-22(18)26)27(31,28(32,33)34)29(35,36)37/h1-9,12-13,15,23H,10-11,14H2,(H,38,39,40). The number of nitrogens with one attached hydrogen (secondary N) is 1. The second kappa shape index (κ2) is 10.1. The van der Waals surface area contributed by atoms with Gasteiger partial charge in [0.25, 0.3) is 5.91 Å². The first kappa shape index (κ1) is 30.7. The van der Waals surface area contributed by atoms with Crippen molar-refractivity contribution in [2.24, 2.45) is 0 Å². The molecule has 0 spiro atoms. The number of amides is 1. The zero-order valence-corrected chi connectivity index (χ0v) is 23.4. The summed E-state index contributed by atoms with van der Waals surface area (Å²) in [5, 5.41) is 6.39. The maximum atomic E-state index is 15.0. The van der Waals surface area contributed by atoms with Crippen molar-refractivity contribution in [2.45, 2.75) is 46.5 Å². The van der Waals surface area contributed by atoms with Crippen molar-refractivity contribution < 1.29 is 48.3 Å². The van der Waals surface area contributed by atoms with E-state index in [2.05, 4.69) is 15.2 Å². The van der Waals surface area contributed by atoms with Crippen molar-refractivity contribution in [1.82, 2.24) is 20.1 Å². The predicted molar refractivity (Wildman–Crippen MR) is 142 cm³/mol. The van der Waals surface area contributed by atoms with Crippen molar-refractivity contribution >= 4 is 15.7 Å². The number of nitrogens with zero attached hydrogens (tertiary/aromatic N) is 3. The van der Waals surface area contributed by atoms with Crippen LogP contribution < -0.4 is 0 Å². The summed E-state index contributed by atoms with van der Waals surface area (Å²) in [6.45, 7) is -0.157. The third-order valence-corrected chi connectivity index (χ3v) is 11.0. The number of likely N-dealkylation sites (tertiary alicyclic amines) is 1.